The number of unbranched alkanes of at least 4 members (excludes halogenated alkanes) is 5. The first-order valence-electron chi connectivity index (χ1n) is 10.3. The van der Waals surface area contributed by atoms with E-state index in [2.05, 4.69) is 39.7 Å². The van der Waals surface area contributed by atoms with E-state index in [1.807, 2.05) is 0 Å². The molecule has 0 aromatic heterocycles. The van der Waals surface area contributed by atoms with Gasteiger partial charge < -0.3 is 14.0 Å². The van der Waals surface area contributed by atoms with E-state index >= 15 is 0 Å². The summed E-state index contributed by atoms with van der Waals surface area (Å²) in [7, 11) is -3.52. The molecule has 27 heavy (non-hydrogen) atoms. The predicted octanol–water partition coefficient (Wildman–Crippen LogP) is 5.74. The standard InChI is InChI=1S/C20H40O5Si2/c1-7-8-9-10-11-12-13-18(27(5,6)25-26(2,3)4)16-17-24-20(23)15-14-19(21)22/h14-15,18H,7-13,16-17H2,1-6H3,(H,21,22). The smallest absolute Gasteiger partial charge is 0.331 e. The summed E-state index contributed by atoms with van der Waals surface area (Å²) in [5, 5.41) is 8.56. The second-order valence-electron chi connectivity index (χ2n) is 8.70. The van der Waals surface area contributed by atoms with Crippen LogP contribution in [0.5, 0.6) is 0 Å². The van der Waals surface area contributed by atoms with Crippen LogP contribution in [0.15, 0.2) is 12.2 Å². The van der Waals surface area contributed by atoms with Crippen LogP contribution in [0.3, 0.4) is 0 Å². The van der Waals surface area contributed by atoms with Gasteiger partial charge in [0.25, 0.3) is 0 Å². The van der Waals surface area contributed by atoms with E-state index in [1.54, 1.807) is 0 Å². The average molecular weight is 417 g/mol. The normalized spacial score (nSPS) is 13.7. The Balaban J connectivity index is 4.63. The maximum absolute atomic E-state index is 11.6. The Bertz CT molecular complexity index is 469. The van der Waals surface area contributed by atoms with Gasteiger partial charge in [0.05, 0.1) is 6.61 Å². The van der Waals surface area contributed by atoms with E-state index in [-0.39, 0.29) is 0 Å². The fourth-order valence-electron chi connectivity index (χ4n) is 3.37. The molecule has 0 saturated heterocycles. The Kier molecular flexibility index (Phi) is 12.8. The highest BCUT2D eigenvalue weighted by molar-refractivity contribution is 6.85. The summed E-state index contributed by atoms with van der Waals surface area (Å²) in [6.45, 7) is 13.8. The molecule has 0 bridgehead atoms. The minimum atomic E-state index is -1.89. The first kappa shape index (κ1) is 26.1. The van der Waals surface area contributed by atoms with Crippen LogP contribution in [-0.2, 0) is 18.4 Å². The van der Waals surface area contributed by atoms with Gasteiger partial charge in [0.2, 0.25) is 0 Å². The van der Waals surface area contributed by atoms with Crippen molar-refractivity contribution < 1.29 is 23.5 Å². The number of esters is 1. The van der Waals surface area contributed by atoms with Crippen LogP contribution in [0.2, 0.25) is 38.3 Å². The molecule has 0 rings (SSSR count). The second kappa shape index (κ2) is 13.3. The van der Waals surface area contributed by atoms with Gasteiger partial charge in [0.15, 0.2) is 16.6 Å². The largest absolute Gasteiger partial charge is 0.478 e. The van der Waals surface area contributed by atoms with Crippen LogP contribution in [-0.4, -0.2) is 40.3 Å². The summed E-state index contributed by atoms with van der Waals surface area (Å²) in [6, 6.07) is 0. The number of rotatable bonds is 15. The zero-order valence-corrected chi connectivity index (χ0v) is 20.2. The molecule has 0 radical (unpaired) electrons. The van der Waals surface area contributed by atoms with Crippen LogP contribution in [0.1, 0.15) is 58.3 Å². The minimum absolute atomic E-state index is 0.314. The fraction of sp³-hybridized carbons (Fsp3) is 0.800. The first-order chi connectivity index (χ1) is 12.5. The summed E-state index contributed by atoms with van der Waals surface area (Å²) in [5.74, 6) is -1.74. The van der Waals surface area contributed by atoms with Crippen LogP contribution in [0, 0.1) is 0 Å². The lowest BCUT2D eigenvalue weighted by molar-refractivity contribution is -0.138. The van der Waals surface area contributed by atoms with Gasteiger partial charge >= 0.3 is 11.9 Å². The summed E-state index contributed by atoms with van der Waals surface area (Å²) in [4.78, 5) is 22.0. The van der Waals surface area contributed by atoms with Crippen molar-refractivity contribution >= 4 is 28.6 Å². The molecule has 5 nitrogen and oxygen atoms in total. The van der Waals surface area contributed by atoms with Gasteiger partial charge in [-0.25, -0.2) is 9.59 Å². The highest BCUT2D eigenvalue weighted by Gasteiger charge is 2.37. The van der Waals surface area contributed by atoms with Crippen LogP contribution in [0.25, 0.3) is 0 Å². The van der Waals surface area contributed by atoms with Gasteiger partial charge in [0.1, 0.15) is 0 Å². The van der Waals surface area contributed by atoms with Gasteiger partial charge in [-0.2, -0.15) is 0 Å². The van der Waals surface area contributed by atoms with E-state index in [0.717, 1.165) is 25.0 Å². The number of carbonyl (C=O) groups excluding carboxylic acids is 1. The number of carboxylic acid groups (broad SMARTS) is 1. The minimum Gasteiger partial charge on any atom is -0.478 e. The number of carbonyl (C=O) groups is 2. The highest BCUT2D eigenvalue weighted by Crippen LogP contribution is 2.34. The highest BCUT2D eigenvalue weighted by atomic mass is 28.4. The van der Waals surface area contributed by atoms with Crippen molar-refractivity contribution in [2.75, 3.05) is 6.61 Å². The number of carboxylic acids is 1. The lowest BCUT2D eigenvalue weighted by atomic mass is 10.1. The Labute approximate surface area is 167 Å². The summed E-state index contributed by atoms with van der Waals surface area (Å²) in [5.41, 5.74) is 0.437. The fourth-order valence-corrected chi connectivity index (χ4v) is 12.1. The predicted molar refractivity (Wildman–Crippen MR) is 116 cm³/mol. The molecule has 0 heterocycles. The second-order valence-corrected chi connectivity index (χ2v) is 17.8. The number of hydrogen-bond donors (Lipinski definition) is 1. The molecule has 0 aliphatic heterocycles. The average Bonchev–Trinajstić information content (AvgIpc) is 2.52. The van der Waals surface area contributed by atoms with Gasteiger partial charge in [-0.1, -0.05) is 51.9 Å². The van der Waals surface area contributed by atoms with E-state index < -0.39 is 28.6 Å². The van der Waals surface area contributed by atoms with Crippen LogP contribution in [0.4, 0.5) is 0 Å². The third-order valence-corrected chi connectivity index (χ3v) is 11.6. The lowest BCUT2D eigenvalue weighted by Crippen LogP contribution is -2.46. The van der Waals surface area contributed by atoms with Gasteiger partial charge in [-0.05, 0) is 44.7 Å². The van der Waals surface area contributed by atoms with Crippen molar-refractivity contribution in [2.45, 2.75) is 96.6 Å². The Morgan fingerprint density at radius 2 is 1.52 bits per heavy atom. The van der Waals surface area contributed by atoms with E-state index in [9.17, 15) is 9.59 Å². The van der Waals surface area contributed by atoms with Crippen molar-refractivity contribution in [3.8, 4) is 0 Å². The van der Waals surface area contributed by atoms with Gasteiger partial charge in [0, 0.05) is 12.2 Å². The summed E-state index contributed by atoms with van der Waals surface area (Å²) in [6.07, 6.45) is 11.3. The first-order valence-corrected chi connectivity index (χ1v) is 16.6. The molecule has 1 atom stereocenters. The van der Waals surface area contributed by atoms with Crippen LogP contribution >= 0.6 is 0 Å². The molecule has 1 N–H and O–H groups in total. The number of aliphatic carboxylic acids is 1. The third-order valence-electron chi connectivity index (χ3n) is 4.53. The van der Waals surface area contributed by atoms with Gasteiger partial charge in [-0.3, -0.25) is 0 Å². The van der Waals surface area contributed by atoms with Crippen molar-refractivity contribution in [2.24, 2.45) is 0 Å². The molecule has 158 valence electrons. The zero-order valence-electron chi connectivity index (χ0n) is 18.2. The lowest BCUT2D eigenvalue weighted by Gasteiger charge is -2.38. The van der Waals surface area contributed by atoms with E-state index in [4.69, 9.17) is 14.0 Å². The molecule has 0 amide bonds. The molecule has 0 spiro atoms. The van der Waals surface area contributed by atoms with Crippen molar-refractivity contribution in [1.82, 2.24) is 0 Å². The SMILES string of the molecule is CCCCCCCCC(CCOC(=O)C=CC(=O)O)[Si](C)(C)O[Si](C)(C)C. The molecule has 0 aromatic rings. The van der Waals surface area contributed by atoms with Crippen molar-refractivity contribution in [3.63, 3.8) is 0 Å². The molecule has 1 unspecified atom stereocenters. The molecule has 0 aromatic carbocycles. The summed E-state index contributed by atoms with van der Waals surface area (Å²) >= 11 is 0. The van der Waals surface area contributed by atoms with Crippen molar-refractivity contribution in [3.05, 3.63) is 12.2 Å². The molecule has 0 aliphatic carbocycles. The van der Waals surface area contributed by atoms with E-state index in [1.165, 1.54) is 38.5 Å². The zero-order chi connectivity index (χ0) is 20.9. The maximum Gasteiger partial charge on any atom is 0.331 e. The Morgan fingerprint density at radius 1 is 0.926 bits per heavy atom. The Morgan fingerprint density at radius 3 is 2.07 bits per heavy atom. The maximum atomic E-state index is 11.6. The van der Waals surface area contributed by atoms with E-state index in [0.29, 0.717) is 12.1 Å². The molecule has 0 aliphatic rings. The van der Waals surface area contributed by atoms with Crippen LogP contribution < -0.4 is 0 Å². The molecule has 0 saturated carbocycles. The topological polar surface area (TPSA) is 72.8 Å². The molecular formula is C20H40O5Si2. The quantitative estimate of drug-likeness (QED) is 0.159. The van der Waals surface area contributed by atoms with Gasteiger partial charge in [-0.15, -0.1) is 0 Å². The molecule has 0 fully saturated rings. The third kappa shape index (κ3) is 14.8. The monoisotopic (exact) mass is 416 g/mol. The number of ether oxygens (including phenoxy) is 1. The molecule has 7 heteroatoms. The summed E-state index contributed by atoms with van der Waals surface area (Å²) < 4.78 is 11.8. The van der Waals surface area contributed by atoms with Crippen molar-refractivity contribution in [1.29, 1.82) is 0 Å². The Hall–Kier alpha value is -0.926. The number of hydrogen-bond acceptors (Lipinski definition) is 4. The molecular weight excluding hydrogens is 376 g/mol.